The maximum Gasteiger partial charge on any atom is 0.349 e. The summed E-state index contributed by atoms with van der Waals surface area (Å²) in [6.07, 6.45) is -0.123. The fraction of sp³-hybridized carbons (Fsp3) is 0.467. The first kappa shape index (κ1) is 29.7. The average Bonchev–Trinajstić information content (AvgIpc) is 3.28. The van der Waals surface area contributed by atoms with Crippen LogP contribution in [0, 0.1) is 0 Å². The maximum absolute atomic E-state index is 15.1. The predicted molar refractivity (Wildman–Crippen MR) is 142 cm³/mol. The molecule has 1 aliphatic carbocycles. The number of rotatable bonds is 9. The number of ether oxygens (including phenoxy) is 1. The Morgan fingerprint density at radius 2 is 1.83 bits per heavy atom. The van der Waals surface area contributed by atoms with Gasteiger partial charge in [0.2, 0.25) is 0 Å². The predicted octanol–water partition coefficient (Wildman–Crippen LogP) is 3.85. The molecule has 1 unspecified atom stereocenters. The Morgan fingerprint density at radius 3 is 2.57 bits per heavy atom. The van der Waals surface area contributed by atoms with E-state index in [0.717, 1.165) is 12.1 Å². The number of benzene rings is 2. The average molecular weight is 590 g/mol. The lowest BCUT2D eigenvalue weighted by molar-refractivity contribution is -0.147. The van der Waals surface area contributed by atoms with Crippen molar-refractivity contribution in [1.29, 1.82) is 0 Å². The minimum absolute atomic E-state index is 0.123. The molecule has 2 fully saturated rings. The quantitative estimate of drug-likeness (QED) is 0.353. The number of likely N-dealkylation sites (tertiary alicyclic amines) is 1. The summed E-state index contributed by atoms with van der Waals surface area (Å²) >= 11 is 0. The molecule has 1 atom stereocenters. The first-order valence-corrected chi connectivity index (χ1v) is 13.9. The van der Waals surface area contributed by atoms with Gasteiger partial charge in [0.05, 0.1) is 12.5 Å². The third-order valence-corrected chi connectivity index (χ3v) is 8.02. The van der Waals surface area contributed by atoms with Gasteiger partial charge in [0.15, 0.2) is 5.78 Å². The van der Waals surface area contributed by atoms with Gasteiger partial charge in [0.25, 0.3) is 17.7 Å². The Kier molecular flexibility index (Phi) is 8.36. The van der Waals surface area contributed by atoms with Crippen LogP contribution in [-0.4, -0.2) is 71.4 Å². The highest BCUT2D eigenvalue weighted by Gasteiger charge is 2.42. The van der Waals surface area contributed by atoms with Crippen LogP contribution in [0.1, 0.15) is 59.2 Å². The van der Waals surface area contributed by atoms with Crippen LogP contribution in [0.4, 0.5) is 17.6 Å². The number of hydrogen-bond donors (Lipinski definition) is 1. The van der Waals surface area contributed by atoms with Crippen LogP contribution >= 0.6 is 0 Å². The van der Waals surface area contributed by atoms with Crippen molar-refractivity contribution in [2.24, 2.45) is 0 Å². The van der Waals surface area contributed by atoms with Crippen molar-refractivity contribution >= 4 is 23.4 Å². The first-order valence-electron chi connectivity index (χ1n) is 13.9. The molecule has 224 valence electrons. The molecule has 2 aromatic carbocycles. The molecule has 5 rings (SSSR count). The smallest absolute Gasteiger partial charge is 0.349 e. The normalized spacial score (nSPS) is 20.9. The number of ketones is 2. The second-order valence-electron chi connectivity index (χ2n) is 11.0. The molecule has 2 amide bonds. The summed E-state index contributed by atoms with van der Waals surface area (Å²) in [5.41, 5.74) is 0.965. The number of nitrogens with one attached hydrogen (secondary N) is 1. The number of fused-ring (bicyclic) bond motifs is 1. The van der Waals surface area contributed by atoms with Crippen LogP contribution in [-0.2, 0) is 33.4 Å². The molecule has 2 heterocycles. The SMILES string of the molecule is O=C1CCC(N2Cc3cc(CNC(=O)C(F)(F)c4cccc(OCCN5CCC(F)(F)CC5)c4)ccc3C2=O)C(=O)C1. The molecule has 0 spiro atoms. The second-order valence-corrected chi connectivity index (χ2v) is 11.0. The van der Waals surface area contributed by atoms with Crippen molar-refractivity contribution in [3.63, 3.8) is 0 Å². The number of nitrogens with zero attached hydrogens (tertiary/aromatic N) is 2. The van der Waals surface area contributed by atoms with E-state index in [2.05, 4.69) is 5.32 Å². The number of amides is 2. The molecule has 0 bridgehead atoms. The van der Waals surface area contributed by atoms with Gasteiger partial charge in [-0.05, 0) is 35.7 Å². The van der Waals surface area contributed by atoms with Gasteiger partial charge in [-0.25, -0.2) is 8.78 Å². The zero-order chi connectivity index (χ0) is 30.1. The first-order chi connectivity index (χ1) is 19.9. The van der Waals surface area contributed by atoms with Gasteiger partial charge < -0.3 is 15.0 Å². The van der Waals surface area contributed by atoms with E-state index in [1.54, 1.807) is 18.2 Å². The van der Waals surface area contributed by atoms with Gasteiger partial charge in [-0.2, -0.15) is 8.78 Å². The molecule has 1 saturated carbocycles. The fourth-order valence-corrected chi connectivity index (χ4v) is 5.55. The Hall–Kier alpha value is -3.80. The zero-order valence-corrected chi connectivity index (χ0v) is 22.8. The minimum atomic E-state index is -3.86. The van der Waals surface area contributed by atoms with Crippen LogP contribution in [0.2, 0.25) is 0 Å². The summed E-state index contributed by atoms with van der Waals surface area (Å²) in [7, 11) is 0. The van der Waals surface area contributed by atoms with Gasteiger partial charge in [-0.1, -0.05) is 24.3 Å². The number of piperidine rings is 1. The van der Waals surface area contributed by atoms with Gasteiger partial charge in [0.1, 0.15) is 18.1 Å². The standard InChI is InChI=1S/C30H31F4N3O5/c31-29(32)8-10-36(11-9-29)12-13-42-23-3-1-2-21(15-23)30(33,34)28(41)35-17-19-4-6-24-20(14-19)18-37(27(24)40)25-7-5-22(38)16-26(25)39/h1-4,6,14-15,25H,5,7-13,16-18H2,(H,35,41). The number of hydrogen-bond acceptors (Lipinski definition) is 6. The van der Waals surface area contributed by atoms with E-state index >= 15 is 8.78 Å². The molecule has 8 nitrogen and oxygen atoms in total. The van der Waals surface area contributed by atoms with Gasteiger partial charge in [0, 0.05) is 63.1 Å². The van der Waals surface area contributed by atoms with Crippen molar-refractivity contribution in [2.75, 3.05) is 26.2 Å². The van der Waals surface area contributed by atoms with E-state index < -0.39 is 29.4 Å². The van der Waals surface area contributed by atoms with Crippen LogP contribution in [0.5, 0.6) is 5.75 Å². The molecule has 2 aromatic rings. The van der Waals surface area contributed by atoms with Crippen molar-refractivity contribution in [1.82, 2.24) is 15.1 Å². The topological polar surface area (TPSA) is 96.0 Å². The lowest BCUT2D eigenvalue weighted by Crippen LogP contribution is -2.44. The van der Waals surface area contributed by atoms with Crippen LogP contribution < -0.4 is 10.1 Å². The number of carbonyl (C=O) groups excluding carboxylic acids is 4. The lowest BCUT2D eigenvalue weighted by atomic mass is 9.92. The molecule has 1 saturated heterocycles. The Bertz CT molecular complexity index is 1390. The largest absolute Gasteiger partial charge is 0.492 e. The highest BCUT2D eigenvalue weighted by molar-refractivity contribution is 6.07. The summed E-state index contributed by atoms with van der Waals surface area (Å²) in [5, 5.41) is 2.25. The monoisotopic (exact) mass is 589 g/mol. The van der Waals surface area contributed by atoms with Gasteiger partial charge >= 0.3 is 5.92 Å². The maximum atomic E-state index is 15.1. The second kappa shape index (κ2) is 11.8. The third kappa shape index (κ3) is 6.48. The van der Waals surface area contributed by atoms with Crippen LogP contribution in [0.25, 0.3) is 0 Å². The van der Waals surface area contributed by atoms with E-state index in [9.17, 15) is 28.0 Å². The van der Waals surface area contributed by atoms with E-state index in [-0.39, 0.29) is 88.1 Å². The Labute approximate surface area is 240 Å². The Morgan fingerprint density at radius 1 is 1.07 bits per heavy atom. The minimum Gasteiger partial charge on any atom is -0.492 e. The van der Waals surface area contributed by atoms with Crippen molar-refractivity contribution in [3.8, 4) is 5.75 Å². The number of carbonyl (C=O) groups is 4. The number of alkyl halides is 4. The van der Waals surface area contributed by atoms with Crippen molar-refractivity contribution < 1.29 is 41.5 Å². The molecule has 1 N–H and O–H groups in total. The molecular formula is C30H31F4N3O5. The van der Waals surface area contributed by atoms with Crippen molar-refractivity contribution in [2.45, 2.75) is 63.1 Å². The summed E-state index contributed by atoms with van der Waals surface area (Å²) in [6, 6.07) is 9.12. The molecule has 2 aliphatic heterocycles. The summed E-state index contributed by atoms with van der Waals surface area (Å²) in [6.45, 7) is 0.910. The lowest BCUT2D eigenvalue weighted by Gasteiger charge is -2.31. The third-order valence-electron chi connectivity index (χ3n) is 8.02. The van der Waals surface area contributed by atoms with E-state index in [0.29, 0.717) is 23.2 Å². The van der Waals surface area contributed by atoms with Gasteiger partial charge in [-0.3, -0.25) is 24.1 Å². The van der Waals surface area contributed by atoms with E-state index in [1.807, 2.05) is 4.90 Å². The molecule has 12 heteroatoms. The van der Waals surface area contributed by atoms with E-state index in [1.165, 1.54) is 17.0 Å². The highest BCUT2D eigenvalue weighted by Crippen LogP contribution is 2.32. The molecule has 0 radical (unpaired) electrons. The zero-order valence-electron chi connectivity index (χ0n) is 22.8. The molecule has 3 aliphatic rings. The highest BCUT2D eigenvalue weighted by atomic mass is 19.3. The van der Waals surface area contributed by atoms with Gasteiger partial charge in [-0.15, -0.1) is 0 Å². The van der Waals surface area contributed by atoms with E-state index in [4.69, 9.17) is 4.74 Å². The Balaban J connectivity index is 1.15. The molecular weight excluding hydrogens is 558 g/mol. The number of Topliss-reactive ketones (excluding diaryl/α,β-unsaturated/α-hetero) is 2. The fourth-order valence-electron chi connectivity index (χ4n) is 5.55. The van der Waals surface area contributed by atoms with Crippen molar-refractivity contribution in [3.05, 3.63) is 64.7 Å². The van der Waals surface area contributed by atoms with Crippen LogP contribution in [0.3, 0.4) is 0 Å². The number of halogens is 4. The summed E-state index contributed by atoms with van der Waals surface area (Å²) in [4.78, 5) is 52.6. The molecule has 42 heavy (non-hydrogen) atoms. The summed E-state index contributed by atoms with van der Waals surface area (Å²) in [5.74, 6) is -8.64. The summed E-state index contributed by atoms with van der Waals surface area (Å²) < 4.78 is 62.3. The molecule has 0 aromatic heterocycles. The van der Waals surface area contributed by atoms with Crippen LogP contribution in [0.15, 0.2) is 42.5 Å².